The number of carbonyl (C=O) groups is 3. The summed E-state index contributed by atoms with van der Waals surface area (Å²) in [5, 5.41) is 10.4. The summed E-state index contributed by atoms with van der Waals surface area (Å²) in [7, 11) is 2.80. The fraction of sp³-hybridized carbons (Fsp3) is 0.105. The molecule has 2 aromatic rings. The number of hydrogen-bond donors (Lipinski definition) is 1. The molecule has 0 atom stereocenters. The van der Waals surface area contributed by atoms with Crippen LogP contribution in [0.2, 0.25) is 0 Å². The van der Waals surface area contributed by atoms with Crippen molar-refractivity contribution in [1.82, 2.24) is 0 Å². The maximum atomic E-state index is 12.8. The molecule has 0 unspecified atom stereocenters. The maximum Gasteiger partial charge on any atom is 0.306 e. The van der Waals surface area contributed by atoms with Gasteiger partial charge in [0.2, 0.25) is 0 Å². The van der Waals surface area contributed by atoms with Crippen LogP contribution in [0.3, 0.4) is 0 Å². The molecule has 0 aliphatic carbocycles. The number of hydrogen-bond acceptors (Lipinski definition) is 6. The van der Waals surface area contributed by atoms with Crippen molar-refractivity contribution in [2.45, 2.75) is 0 Å². The second-order valence-corrected chi connectivity index (χ2v) is 5.40. The molecule has 0 spiro atoms. The lowest BCUT2D eigenvalue weighted by Gasteiger charge is -2.17. The molecule has 1 heterocycles. The highest BCUT2D eigenvalue weighted by molar-refractivity contribution is 6.65. The SMILES string of the molecule is COc1ccc(OC)c(N2C(=O)C(=O)/C(=C(/O)c3ccccc3)C2=O)c1. The predicted octanol–water partition coefficient (Wildman–Crippen LogP) is 2.12. The van der Waals surface area contributed by atoms with Crippen molar-refractivity contribution in [2.24, 2.45) is 0 Å². The van der Waals surface area contributed by atoms with E-state index >= 15 is 0 Å². The van der Waals surface area contributed by atoms with E-state index in [-0.39, 0.29) is 17.0 Å². The van der Waals surface area contributed by atoms with E-state index in [1.165, 1.54) is 38.5 Å². The van der Waals surface area contributed by atoms with E-state index in [0.29, 0.717) is 10.6 Å². The number of amides is 2. The van der Waals surface area contributed by atoms with Gasteiger partial charge >= 0.3 is 5.91 Å². The molecule has 2 amide bonds. The van der Waals surface area contributed by atoms with Crippen molar-refractivity contribution in [1.29, 1.82) is 0 Å². The summed E-state index contributed by atoms with van der Waals surface area (Å²) in [4.78, 5) is 38.3. The lowest BCUT2D eigenvalue weighted by atomic mass is 10.1. The summed E-state index contributed by atoms with van der Waals surface area (Å²) in [6, 6.07) is 12.6. The minimum Gasteiger partial charge on any atom is -0.506 e. The van der Waals surface area contributed by atoms with Crippen molar-refractivity contribution >= 4 is 29.0 Å². The maximum absolute atomic E-state index is 12.8. The first-order chi connectivity index (χ1) is 12.5. The number of benzene rings is 2. The number of methoxy groups -OCH3 is 2. The fourth-order valence-corrected chi connectivity index (χ4v) is 2.65. The Morgan fingerprint density at radius 1 is 0.923 bits per heavy atom. The summed E-state index contributed by atoms with van der Waals surface area (Å²) in [6.45, 7) is 0. The lowest BCUT2D eigenvalue weighted by molar-refractivity contribution is -0.132. The Hall–Kier alpha value is -3.61. The zero-order chi connectivity index (χ0) is 18.8. The minimum atomic E-state index is -1.08. The zero-order valence-corrected chi connectivity index (χ0v) is 14.1. The third kappa shape index (κ3) is 2.69. The topological polar surface area (TPSA) is 93.1 Å². The number of carbonyl (C=O) groups excluding carboxylic acids is 3. The van der Waals surface area contributed by atoms with Crippen molar-refractivity contribution in [3.8, 4) is 11.5 Å². The number of aliphatic hydroxyl groups excluding tert-OH is 1. The Kier molecular flexibility index (Phi) is 4.45. The van der Waals surface area contributed by atoms with Gasteiger partial charge in [0.15, 0.2) is 0 Å². The van der Waals surface area contributed by atoms with Crippen LogP contribution >= 0.6 is 0 Å². The number of aliphatic hydroxyl groups is 1. The van der Waals surface area contributed by atoms with Crippen LogP contribution in [0.1, 0.15) is 5.56 Å². The molecule has 1 N–H and O–H groups in total. The molecule has 26 heavy (non-hydrogen) atoms. The van der Waals surface area contributed by atoms with Gasteiger partial charge in [0.05, 0.1) is 19.9 Å². The first-order valence-electron chi connectivity index (χ1n) is 7.63. The second kappa shape index (κ2) is 6.72. The normalized spacial score (nSPS) is 16.1. The van der Waals surface area contributed by atoms with Gasteiger partial charge in [-0.25, -0.2) is 4.90 Å². The van der Waals surface area contributed by atoms with Gasteiger partial charge in [0, 0.05) is 11.6 Å². The monoisotopic (exact) mass is 353 g/mol. The number of imide groups is 1. The molecule has 1 fully saturated rings. The van der Waals surface area contributed by atoms with E-state index in [1.54, 1.807) is 24.3 Å². The first kappa shape index (κ1) is 17.2. The molecule has 1 aliphatic heterocycles. The summed E-state index contributed by atoms with van der Waals surface area (Å²) in [5.41, 5.74) is -0.256. The predicted molar refractivity (Wildman–Crippen MR) is 93.0 cm³/mol. The first-order valence-corrected chi connectivity index (χ1v) is 7.63. The summed E-state index contributed by atoms with van der Waals surface area (Å²) >= 11 is 0. The Balaban J connectivity index is 2.14. The van der Waals surface area contributed by atoms with Gasteiger partial charge < -0.3 is 14.6 Å². The third-order valence-electron chi connectivity index (χ3n) is 3.95. The Labute approximate surface area is 149 Å². The molecular formula is C19H15NO6. The van der Waals surface area contributed by atoms with Crippen LogP contribution in [-0.4, -0.2) is 36.9 Å². The minimum absolute atomic E-state index is 0.0612. The number of anilines is 1. The van der Waals surface area contributed by atoms with Crippen molar-refractivity contribution in [2.75, 3.05) is 19.1 Å². The van der Waals surface area contributed by atoms with Gasteiger partial charge in [0.1, 0.15) is 22.8 Å². The van der Waals surface area contributed by atoms with E-state index in [0.717, 1.165) is 0 Å². The van der Waals surface area contributed by atoms with Crippen LogP contribution in [0.25, 0.3) is 5.76 Å². The van der Waals surface area contributed by atoms with Crippen molar-refractivity contribution in [3.05, 3.63) is 59.7 Å². The molecule has 7 nitrogen and oxygen atoms in total. The van der Waals surface area contributed by atoms with Crippen molar-refractivity contribution < 1.29 is 29.0 Å². The van der Waals surface area contributed by atoms with E-state index < -0.39 is 28.9 Å². The molecule has 3 rings (SSSR count). The Morgan fingerprint density at radius 2 is 1.62 bits per heavy atom. The second-order valence-electron chi connectivity index (χ2n) is 5.40. The molecule has 0 aromatic heterocycles. The van der Waals surface area contributed by atoms with E-state index in [2.05, 4.69) is 0 Å². The number of ether oxygens (including phenoxy) is 2. The highest BCUT2D eigenvalue weighted by Crippen LogP contribution is 2.36. The molecule has 7 heteroatoms. The molecule has 0 saturated carbocycles. The molecule has 1 aliphatic rings. The van der Waals surface area contributed by atoms with Crippen LogP contribution in [0.15, 0.2) is 54.1 Å². The highest BCUT2D eigenvalue weighted by atomic mass is 16.5. The van der Waals surface area contributed by atoms with Gasteiger partial charge in [-0.15, -0.1) is 0 Å². The van der Waals surface area contributed by atoms with Crippen LogP contribution in [0, 0.1) is 0 Å². The largest absolute Gasteiger partial charge is 0.506 e. The quantitative estimate of drug-likeness (QED) is 0.298. The molecule has 0 bridgehead atoms. The zero-order valence-electron chi connectivity index (χ0n) is 14.1. The van der Waals surface area contributed by atoms with E-state index in [1.807, 2.05) is 0 Å². The Bertz CT molecular complexity index is 932. The van der Waals surface area contributed by atoms with Gasteiger partial charge in [0.25, 0.3) is 11.7 Å². The van der Waals surface area contributed by atoms with Crippen LogP contribution < -0.4 is 14.4 Å². The van der Waals surface area contributed by atoms with Gasteiger partial charge in [-0.05, 0) is 12.1 Å². The fourth-order valence-electron chi connectivity index (χ4n) is 2.65. The average Bonchev–Trinajstić information content (AvgIpc) is 2.90. The number of ketones is 1. The molecule has 2 aromatic carbocycles. The van der Waals surface area contributed by atoms with Gasteiger partial charge in [-0.1, -0.05) is 30.3 Å². The molecule has 1 saturated heterocycles. The summed E-state index contributed by atoms with van der Waals surface area (Å²) in [5.74, 6) is -3.04. The number of nitrogens with zero attached hydrogens (tertiary/aromatic N) is 1. The smallest absolute Gasteiger partial charge is 0.306 e. The Morgan fingerprint density at radius 3 is 2.23 bits per heavy atom. The number of rotatable bonds is 4. The van der Waals surface area contributed by atoms with Crippen molar-refractivity contribution in [3.63, 3.8) is 0 Å². The molecule has 132 valence electrons. The molecule has 0 radical (unpaired) electrons. The molecular weight excluding hydrogens is 338 g/mol. The summed E-state index contributed by atoms with van der Waals surface area (Å²) in [6.07, 6.45) is 0. The van der Waals surface area contributed by atoms with E-state index in [4.69, 9.17) is 9.47 Å². The van der Waals surface area contributed by atoms with Crippen LogP contribution in [-0.2, 0) is 14.4 Å². The highest BCUT2D eigenvalue weighted by Gasteiger charge is 2.46. The third-order valence-corrected chi connectivity index (χ3v) is 3.95. The van der Waals surface area contributed by atoms with Crippen LogP contribution in [0.4, 0.5) is 5.69 Å². The van der Waals surface area contributed by atoms with Gasteiger partial charge in [-0.2, -0.15) is 0 Å². The van der Waals surface area contributed by atoms with E-state index in [9.17, 15) is 19.5 Å². The summed E-state index contributed by atoms with van der Waals surface area (Å²) < 4.78 is 10.3. The number of Topliss-reactive ketones (excluding diaryl/α,β-unsaturated/α-hetero) is 1. The van der Waals surface area contributed by atoms with Crippen LogP contribution in [0.5, 0.6) is 11.5 Å². The average molecular weight is 353 g/mol. The van der Waals surface area contributed by atoms with Gasteiger partial charge in [-0.3, -0.25) is 14.4 Å². The standard InChI is InChI=1S/C19H15NO6/c1-25-12-8-9-14(26-2)13(10-12)20-18(23)15(17(22)19(20)24)16(21)11-6-4-3-5-7-11/h3-10,21H,1-2H3/b16-15-. The lowest BCUT2D eigenvalue weighted by Crippen LogP contribution is -2.31.